The Morgan fingerprint density at radius 1 is 1.06 bits per heavy atom. The summed E-state index contributed by atoms with van der Waals surface area (Å²) in [4.78, 5) is 33.9. The average Bonchev–Trinajstić information content (AvgIpc) is 2.78. The number of allylic oxidation sites excluding steroid dienone is 2. The molecule has 1 aliphatic heterocycles. The van der Waals surface area contributed by atoms with Crippen LogP contribution >= 0.6 is 23.4 Å². The maximum Gasteiger partial charge on any atom is 0.257 e. The minimum Gasteiger partial charge on any atom is -0.343 e. The first-order valence-electron chi connectivity index (χ1n) is 10.6. The Labute approximate surface area is 195 Å². The van der Waals surface area contributed by atoms with E-state index in [0.717, 1.165) is 35.2 Å². The van der Waals surface area contributed by atoms with Crippen molar-refractivity contribution in [3.63, 3.8) is 0 Å². The second-order valence-electron chi connectivity index (χ2n) is 8.19. The van der Waals surface area contributed by atoms with Gasteiger partial charge in [0.25, 0.3) is 5.56 Å². The predicted octanol–water partition coefficient (Wildman–Crippen LogP) is 5.59. The summed E-state index contributed by atoms with van der Waals surface area (Å²) in [5.74, 6) is 0.912. The number of halogens is 1. The van der Waals surface area contributed by atoms with Gasteiger partial charge in [0.1, 0.15) is 5.82 Å². The molecule has 2 aliphatic rings. The molecule has 0 bridgehead atoms. The van der Waals surface area contributed by atoms with Gasteiger partial charge in [-0.2, -0.15) is 0 Å². The fraction of sp³-hybridized carbons (Fsp3) is 0.240. The number of aromatic amines is 1. The monoisotopic (exact) mass is 463 g/mol. The zero-order valence-corrected chi connectivity index (χ0v) is 19.1. The fourth-order valence-corrected chi connectivity index (χ4v) is 5.28. The second kappa shape index (κ2) is 8.60. The molecule has 0 saturated heterocycles. The lowest BCUT2D eigenvalue weighted by atomic mass is 9.76. The normalized spacial score (nSPS) is 17.6. The highest BCUT2D eigenvalue weighted by Crippen LogP contribution is 2.43. The van der Waals surface area contributed by atoms with Gasteiger partial charge >= 0.3 is 0 Å². The van der Waals surface area contributed by atoms with Crippen molar-refractivity contribution in [2.24, 2.45) is 0 Å². The third kappa shape index (κ3) is 4.00. The van der Waals surface area contributed by atoms with Crippen molar-refractivity contribution in [1.29, 1.82) is 0 Å². The van der Waals surface area contributed by atoms with Crippen molar-refractivity contribution in [2.75, 3.05) is 5.32 Å². The van der Waals surface area contributed by atoms with Crippen LogP contribution in [-0.4, -0.2) is 15.8 Å². The zero-order chi connectivity index (χ0) is 22.2. The molecule has 2 N–H and O–H groups in total. The molecule has 7 heteroatoms. The lowest BCUT2D eigenvalue weighted by Gasteiger charge is -2.32. The number of thioether (sulfide) groups is 1. The molecule has 2 aromatic carbocycles. The van der Waals surface area contributed by atoms with Crippen molar-refractivity contribution >= 4 is 35.0 Å². The van der Waals surface area contributed by atoms with Crippen LogP contribution in [-0.2, 0) is 10.5 Å². The van der Waals surface area contributed by atoms with Gasteiger partial charge in [0.2, 0.25) is 0 Å². The molecule has 32 heavy (non-hydrogen) atoms. The molecule has 0 saturated carbocycles. The lowest BCUT2D eigenvalue weighted by molar-refractivity contribution is -0.116. The summed E-state index contributed by atoms with van der Waals surface area (Å²) in [5.41, 5.74) is 5.07. The smallest absolute Gasteiger partial charge is 0.257 e. The van der Waals surface area contributed by atoms with Crippen LogP contribution in [0, 0.1) is 6.92 Å². The van der Waals surface area contributed by atoms with Gasteiger partial charge in [-0.3, -0.25) is 9.59 Å². The van der Waals surface area contributed by atoms with Crippen molar-refractivity contribution < 1.29 is 4.79 Å². The van der Waals surface area contributed by atoms with Gasteiger partial charge in [0.15, 0.2) is 10.9 Å². The van der Waals surface area contributed by atoms with Crippen LogP contribution in [0.5, 0.6) is 0 Å². The Morgan fingerprint density at radius 2 is 1.81 bits per heavy atom. The number of hydrogen-bond donors (Lipinski definition) is 2. The first-order chi connectivity index (χ1) is 15.5. The van der Waals surface area contributed by atoms with Gasteiger partial charge in [0.05, 0.1) is 5.56 Å². The summed E-state index contributed by atoms with van der Waals surface area (Å²) >= 11 is 7.43. The summed E-state index contributed by atoms with van der Waals surface area (Å²) in [6.07, 6.45) is 2.10. The summed E-state index contributed by atoms with van der Waals surface area (Å²) in [6, 6.07) is 15.7. The van der Waals surface area contributed by atoms with Gasteiger partial charge in [-0.05, 0) is 43.0 Å². The topological polar surface area (TPSA) is 74.8 Å². The fourth-order valence-electron chi connectivity index (χ4n) is 4.33. The van der Waals surface area contributed by atoms with E-state index in [1.807, 2.05) is 55.5 Å². The number of fused-ring (bicyclic) bond motifs is 1. The maximum atomic E-state index is 13.3. The Morgan fingerprint density at radius 3 is 2.56 bits per heavy atom. The average molecular weight is 464 g/mol. The van der Waals surface area contributed by atoms with E-state index in [0.29, 0.717) is 39.3 Å². The number of ketones is 1. The standard InChI is InChI=1S/C25H22ClN3O2S/c1-14-5-9-16(10-6-14)20-21-18(3-2-4-19(21)30)27-23-22(20)24(31)29-25(28-23)32-13-15-7-11-17(26)12-8-15/h5-12,20H,2-4,13H2,1H3,(H2,27,28,29,31)/t20-/m0/s1. The molecular weight excluding hydrogens is 442 g/mol. The van der Waals surface area contributed by atoms with Crippen LogP contribution in [0.15, 0.2) is 69.8 Å². The van der Waals surface area contributed by atoms with E-state index in [-0.39, 0.29) is 11.3 Å². The SMILES string of the molecule is Cc1ccc([C@H]2C3=C(CCCC3=O)Nc3nc(SCc4ccc(Cl)cc4)[nH]c(=O)c32)cc1. The van der Waals surface area contributed by atoms with E-state index in [2.05, 4.69) is 10.3 Å². The molecule has 2 heterocycles. The third-order valence-corrected chi connectivity index (χ3v) is 7.13. The molecule has 0 spiro atoms. The Bertz CT molecular complexity index is 1280. The van der Waals surface area contributed by atoms with Crippen LogP contribution in [0.25, 0.3) is 0 Å². The largest absolute Gasteiger partial charge is 0.343 e. The number of rotatable bonds is 4. The number of carbonyl (C=O) groups excluding carboxylic acids is 1. The summed E-state index contributed by atoms with van der Waals surface area (Å²) in [5, 5.41) is 4.56. The minimum absolute atomic E-state index is 0.107. The first kappa shape index (κ1) is 21.0. The molecule has 1 aliphatic carbocycles. The number of Topliss-reactive ketones (excluding diaryl/α,β-unsaturated/α-hetero) is 1. The minimum atomic E-state index is -0.402. The van der Waals surface area contributed by atoms with E-state index in [1.165, 1.54) is 11.8 Å². The molecule has 0 amide bonds. The van der Waals surface area contributed by atoms with E-state index in [9.17, 15) is 9.59 Å². The highest BCUT2D eigenvalue weighted by atomic mass is 35.5. The lowest BCUT2D eigenvalue weighted by Crippen LogP contribution is -2.32. The molecule has 0 unspecified atom stereocenters. The quantitative estimate of drug-likeness (QED) is 0.389. The molecule has 5 nitrogen and oxygen atoms in total. The van der Waals surface area contributed by atoms with Gasteiger partial charge < -0.3 is 10.3 Å². The summed E-state index contributed by atoms with van der Waals surface area (Å²) in [7, 11) is 0. The predicted molar refractivity (Wildman–Crippen MR) is 128 cm³/mol. The van der Waals surface area contributed by atoms with Crippen LogP contribution in [0.3, 0.4) is 0 Å². The van der Waals surface area contributed by atoms with E-state index in [1.54, 1.807) is 0 Å². The van der Waals surface area contributed by atoms with Crippen molar-refractivity contribution in [3.05, 3.63) is 97.4 Å². The Hall–Kier alpha value is -2.83. The van der Waals surface area contributed by atoms with Gasteiger partial charge in [0, 0.05) is 34.4 Å². The van der Waals surface area contributed by atoms with Gasteiger partial charge in [-0.25, -0.2) is 4.98 Å². The number of anilines is 1. The molecule has 0 radical (unpaired) electrons. The number of aromatic nitrogens is 2. The number of benzene rings is 2. The number of H-pyrrole nitrogens is 1. The van der Waals surface area contributed by atoms with Crippen LogP contribution in [0.4, 0.5) is 5.82 Å². The highest BCUT2D eigenvalue weighted by Gasteiger charge is 2.37. The van der Waals surface area contributed by atoms with Crippen molar-refractivity contribution in [1.82, 2.24) is 9.97 Å². The first-order valence-corrected chi connectivity index (χ1v) is 12.0. The van der Waals surface area contributed by atoms with E-state index in [4.69, 9.17) is 16.6 Å². The van der Waals surface area contributed by atoms with E-state index >= 15 is 0 Å². The van der Waals surface area contributed by atoms with Crippen molar-refractivity contribution in [3.8, 4) is 0 Å². The maximum absolute atomic E-state index is 13.3. The molecule has 1 atom stereocenters. The number of nitrogens with zero attached hydrogens (tertiary/aromatic N) is 1. The second-order valence-corrected chi connectivity index (χ2v) is 9.59. The molecule has 3 aromatic rings. The summed E-state index contributed by atoms with van der Waals surface area (Å²) in [6.45, 7) is 2.02. The number of nitrogens with one attached hydrogen (secondary N) is 2. The van der Waals surface area contributed by atoms with Gasteiger partial charge in [-0.15, -0.1) is 0 Å². The molecule has 162 valence electrons. The van der Waals surface area contributed by atoms with E-state index < -0.39 is 5.92 Å². The van der Waals surface area contributed by atoms with Crippen molar-refractivity contribution in [2.45, 2.75) is 43.0 Å². The molecular formula is C25H22ClN3O2S. The Balaban J connectivity index is 1.54. The number of carbonyl (C=O) groups is 1. The number of aryl methyl sites for hydroxylation is 1. The highest BCUT2D eigenvalue weighted by molar-refractivity contribution is 7.98. The van der Waals surface area contributed by atoms with Crippen LogP contribution < -0.4 is 10.9 Å². The molecule has 5 rings (SSSR count). The zero-order valence-electron chi connectivity index (χ0n) is 17.6. The molecule has 1 aromatic heterocycles. The van der Waals surface area contributed by atoms with Gasteiger partial charge in [-0.1, -0.05) is 65.3 Å². The van der Waals surface area contributed by atoms with Crippen LogP contribution in [0.1, 0.15) is 47.4 Å². The molecule has 0 fully saturated rings. The number of hydrogen-bond acceptors (Lipinski definition) is 5. The third-order valence-electron chi connectivity index (χ3n) is 5.94. The summed E-state index contributed by atoms with van der Waals surface area (Å²) < 4.78 is 0. The Kier molecular flexibility index (Phi) is 5.66. The van der Waals surface area contributed by atoms with Crippen LogP contribution in [0.2, 0.25) is 5.02 Å².